The highest BCUT2D eigenvalue weighted by Crippen LogP contribution is 2.30. The summed E-state index contributed by atoms with van der Waals surface area (Å²) in [6.45, 7) is 6.35. The minimum absolute atomic E-state index is 0.110. The van der Waals surface area contributed by atoms with Crippen molar-refractivity contribution in [3.05, 3.63) is 46.0 Å². The van der Waals surface area contributed by atoms with E-state index >= 15 is 0 Å². The average Bonchev–Trinajstić information content (AvgIpc) is 2.63. The number of hydrogen-bond acceptors (Lipinski definition) is 5. The summed E-state index contributed by atoms with van der Waals surface area (Å²) >= 11 is 0. The molecule has 2 aromatic heterocycles. The topological polar surface area (TPSA) is 93.9 Å². The quantitative estimate of drug-likeness (QED) is 0.702. The summed E-state index contributed by atoms with van der Waals surface area (Å²) in [6.07, 6.45) is 2.52. The first-order chi connectivity index (χ1) is 12.8. The van der Waals surface area contributed by atoms with Gasteiger partial charge in [0.15, 0.2) is 0 Å². The maximum atomic E-state index is 12.8. The van der Waals surface area contributed by atoms with Crippen LogP contribution in [0.15, 0.2) is 29.2 Å². The summed E-state index contributed by atoms with van der Waals surface area (Å²) in [5, 5.41) is 11.8. The molecule has 1 atom stereocenters. The van der Waals surface area contributed by atoms with E-state index in [1.54, 1.807) is 29.9 Å². The molecule has 0 aliphatic heterocycles. The normalized spacial score (nSPS) is 12.5. The van der Waals surface area contributed by atoms with E-state index < -0.39 is 0 Å². The second-order valence-corrected chi connectivity index (χ2v) is 7.36. The molecular formula is C21H24N4O2. The summed E-state index contributed by atoms with van der Waals surface area (Å²) in [7, 11) is 1.72. The molecule has 0 radical (unpaired) electrons. The molecule has 0 amide bonds. The van der Waals surface area contributed by atoms with Gasteiger partial charge in [0.05, 0.1) is 22.2 Å². The number of aromatic nitrogens is 2. The van der Waals surface area contributed by atoms with Gasteiger partial charge in [0, 0.05) is 30.7 Å². The molecule has 0 bridgehead atoms. The third-order valence-corrected chi connectivity index (χ3v) is 4.76. The van der Waals surface area contributed by atoms with Crippen LogP contribution in [0.4, 0.5) is 0 Å². The Morgan fingerprint density at radius 1 is 1.33 bits per heavy atom. The Morgan fingerprint density at radius 2 is 2.07 bits per heavy atom. The van der Waals surface area contributed by atoms with Gasteiger partial charge in [0.25, 0.3) is 5.56 Å². The van der Waals surface area contributed by atoms with E-state index in [0.717, 1.165) is 17.2 Å². The van der Waals surface area contributed by atoms with Gasteiger partial charge in [0.2, 0.25) is 0 Å². The minimum atomic E-state index is -0.115. The van der Waals surface area contributed by atoms with Crippen LogP contribution in [0.2, 0.25) is 0 Å². The molecular weight excluding hydrogens is 340 g/mol. The van der Waals surface area contributed by atoms with Crippen molar-refractivity contribution in [2.75, 3.05) is 6.61 Å². The number of pyridine rings is 2. The van der Waals surface area contributed by atoms with Crippen molar-refractivity contribution < 1.29 is 4.74 Å². The van der Waals surface area contributed by atoms with E-state index in [2.05, 4.69) is 24.9 Å². The Hall–Kier alpha value is -2.91. The first-order valence-electron chi connectivity index (χ1n) is 9.04. The Bertz CT molecular complexity index is 1110. The molecule has 0 saturated heterocycles. The van der Waals surface area contributed by atoms with Crippen molar-refractivity contribution in [1.29, 1.82) is 5.26 Å². The van der Waals surface area contributed by atoms with Crippen LogP contribution in [0.3, 0.4) is 0 Å². The van der Waals surface area contributed by atoms with Gasteiger partial charge in [0.1, 0.15) is 18.4 Å². The molecule has 0 spiro atoms. The first kappa shape index (κ1) is 18.9. The smallest absolute Gasteiger partial charge is 0.260 e. The largest absolute Gasteiger partial charge is 0.491 e. The van der Waals surface area contributed by atoms with E-state index in [-0.39, 0.29) is 11.6 Å². The first-order valence-corrected chi connectivity index (χ1v) is 9.04. The number of nitriles is 1. The fourth-order valence-corrected chi connectivity index (χ4v) is 3.48. The highest BCUT2D eigenvalue weighted by Gasteiger charge is 2.16. The third-order valence-electron chi connectivity index (χ3n) is 4.76. The summed E-state index contributed by atoms with van der Waals surface area (Å²) in [5.41, 5.74) is 7.80. The summed E-state index contributed by atoms with van der Waals surface area (Å²) in [4.78, 5) is 17.0. The zero-order valence-electron chi connectivity index (χ0n) is 16.1. The van der Waals surface area contributed by atoms with Crippen LogP contribution >= 0.6 is 0 Å². The van der Waals surface area contributed by atoms with Crippen LogP contribution < -0.4 is 16.0 Å². The fourth-order valence-electron chi connectivity index (χ4n) is 3.48. The predicted molar refractivity (Wildman–Crippen MR) is 107 cm³/mol. The SMILES string of the molecule is Cc1nccc2c1c(=O)n(C)c1cc(OC[C@H](N)CC(C)C)c(C#N)cc21. The van der Waals surface area contributed by atoms with Crippen LogP contribution in [0, 0.1) is 24.2 Å². The standard InChI is InChI=1S/C21H24N4O2/c1-12(2)7-15(23)11-27-19-9-18-17(8-14(19)10-22)16-5-6-24-13(3)20(16)21(26)25(18)4/h5-6,8-9,12,15H,7,11,23H2,1-4H3/t15-/m1/s1. The molecule has 6 nitrogen and oxygen atoms in total. The van der Waals surface area contributed by atoms with Gasteiger partial charge in [-0.3, -0.25) is 9.78 Å². The summed E-state index contributed by atoms with van der Waals surface area (Å²) in [5.74, 6) is 0.920. The molecule has 0 unspecified atom stereocenters. The van der Waals surface area contributed by atoms with Crippen LogP contribution in [-0.4, -0.2) is 22.2 Å². The Labute approximate surface area is 158 Å². The van der Waals surface area contributed by atoms with E-state index in [9.17, 15) is 10.1 Å². The highest BCUT2D eigenvalue weighted by atomic mass is 16.5. The van der Waals surface area contributed by atoms with Gasteiger partial charge in [-0.1, -0.05) is 13.8 Å². The molecule has 0 fully saturated rings. The van der Waals surface area contributed by atoms with Crippen molar-refractivity contribution in [1.82, 2.24) is 9.55 Å². The van der Waals surface area contributed by atoms with Crippen molar-refractivity contribution in [2.45, 2.75) is 33.2 Å². The zero-order valence-corrected chi connectivity index (χ0v) is 16.1. The van der Waals surface area contributed by atoms with Crippen molar-refractivity contribution >= 4 is 21.7 Å². The second kappa shape index (κ2) is 7.37. The molecule has 0 saturated carbocycles. The van der Waals surface area contributed by atoms with Crippen LogP contribution in [0.25, 0.3) is 21.7 Å². The zero-order chi connectivity index (χ0) is 19.7. The van der Waals surface area contributed by atoms with Gasteiger partial charge in [-0.2, -0.15) is 5.26 Å². The number of nitrogens with two attached hydrogens (primary N) is 1. The lowest BCUT2D eigenvalue weighted by Gasteiger charge is -2.17. The fraction of sp³-hybridized carbons (Fsp3) is 0.381. The molecule has 140 valence electrons. The van der Waals surface area contributed by atoms with E-state index in [1.807, 2.05) is 13.0 Å². The van der Waals surface area contributed by atoms with E-state index in [1.165, 1.54) is 0 Å². The number of nitrogens with zero attached hydrogens (tertiary/aromatic N) is 3. The second-order valence-electron chi connectivity index (χ2n) is 7.36. The van der Waals surface area contributed by atoms with E-state index in [4.69, 9.17) is 10.5 Å². The number of benzene rings is 1. The van der Waals surface area contributed by atoms with Crippen molar-refractivity contribution in [3.63, 3.8) is 0 Å². The van der Waals surface area contributed by atoms with Crippen molar-refractivity contribution in [3.8, 4) is 11.8 Å². The molecule has 0 aliphatic rings. The summed E-state index contributed by atoms with van der Waals surface area (Å²) in [6, 6.07) is 7.43. The molecule has 6 heteroatoms. The molecule has 2 heterocycles. The van der Waals surface area contributed by atoms with Gasteiger partial charge in [-0.05, 0) is 36.8 Å². The van der Waals surface area contributed by atoms with Gasteiger partial charge < -0.3 is 15.0 Å². The van der Waals surface area contributed by atoms with E-state index in [0.29, 0.717) is 40.4 Å². The number of fused-ring (bicyclic) bond motifs is 3. The molecule has 2 N–H and O–H groups in total. The lowest BCUT2D eigenvalue weighted by Crippen LogP contribution is -2.29. The van der Waals surface area contributed by atoms with Crippen molar-refractivity contribution in [2.24, 2.45) is 18.7 Å². The molecule has 1 aromatic carbocycles. The number of aryl methyl sites for hydroxylation is 2. The molecule has 27 heavy (non-hydrogen) atoms. The third kappa shape index (κ3) is 3.51. The van der Waals surface area contributed by atoms with Gasteiger partial charge in [-0.25, -0.2) is 0 Å². The monoisotopic (exact) mass is 364 g/mol. The Kier molecular flexibility index (Phi) is 5.15. The minimum Gasteiger partial charge on any atom is -0.491 e. The summed E-state index contributed by atoms with van der Waals surface area (Å²) < 4.78 is 7.43. The predicted octanol–water partition coefficient (Wildman–Crippen LogP) is 3.02. The lowest BCUT2D eigenvalue weighted by atomic mass is 10.0. The maximum absolute atomic E-state index is 12.8. The number of rotatable bonds is 5. The Balaban J connectivity index is 2.16. The van der Waals surface area contributed by atoms with Gasteiger partial charge >= 0.3 is 0 Å². The van der Waals surface area contributed by atoms with Crippen LogP contribution in [0.5, 0.6) is 5.75 Å². The molecule has 3 aromatic rings. The Morgan fingerprint density at radius 3 is 2.74 bits per heavy atom. The molecule has 0 aliphatic carbocycles. The number of ether oxygens (including phenoxy) is 1. The molecule has 3 rings (SSSR count). The average molecular weight is 364 g/mol. The van der Waals surface area contributed by atoms with Crippen LogP contribution in [0.1, 0.15) is 31.5 Å². The number of hydrogen-bond donors (Lipinski definition) is 1. The highest BCUT2D eigenvalue weighted by molar-refractivity contribution is 6.07. The van der Waals surface area contributed by atoms with Gasteiger partial charge in [-0.15, -0.1) is 0 Å². The lowest BCUT2D eigenvalue weighted by molar-refractivity contribution is 0.270. The van der Waals surface area contributed by atoms with Crippen LogP contribution in [-0.2, 0) is 7.05 Å². The maximum Gasteiger partial charge on any atom is 0.260 e.